The van der Waals surface area contributed by atoms with Crippen molar-refractivity contribution in [1.29, 1.82) is 0 Å². The monoisotopic (exact) mass is 352 g/mol. The van der Waals surface area contributed by atoms with Crippen molar-refractivity contribution in [1.82, 2.24) is 14.8 Å². The number of aromatic nitrogens is 1. The molecule has 1 amide bonds. The SMILES string of the molecule is CN1CC2(CCCN(Cc3cnc(N4CCOCC4)s3)C2)OC1=O. The molecule has 1 atom stereocenters. The summed E-state index contributed by atoms with van der Waals surface area (Å²) in [6.07, 6.45) is 3.82. The van der Waals surface area contributed by atoms with Crippen LogP contribution in [0, 0.1) is 0 Å². The quantitative estimate of drug-likeness (QED) is 0.820. The number of thiazole rings is 1. The van der Waals surface area contributed by atoms with Crippen molar-refractivity contribution < 1.29 is 14.3 Å². The van der Waals surface area contributed by atoms with Crippen LogP contribution in [0.25, 0.3) is 0 Å². The molecule has 4 heterocycles. The van der Waals surface area contributed by atoms with Gasteiger partial charge in [-0.1, -0.05) is 0 Å². The van der Waals surface area contributed by atoms with Gasteiger partial charge in [-0.2, -0.15) is 0 Å². The average molecular weight is 352 g/mol. The van der Waals surface area contributed by atoms with Crippen LogP contribution in [-0.2, 0) is 16.0 Å². The van der Waals surface area contributed by atoms with Gasteiger partial charge in [-0.3, -0.25) is 4.90 Å². The van der Waals surface area contributed by atoms with Gasteiger partial charge in [0.15, 0.2) is 5.13 Å². The molecule has 1 aromatic rings. The lowest BCUT2D eigenvalue weighted by Crippen LogP contribution is -2.50. The molecule has 0 saturated carbocycles. The Morgan fingerprint density at radius 2 is 2.12 bits per heavy atom. The first kappa shape index (κ1) is 16.1. The topological polar surface area (TPSA) is 58.1 Å². The van der Waals surface area contributed by atoms with E-state index in [1.165, 1.54) is 4.88 Å². The van der Waals surface area contributed by atoms with E-state index in [-0.39, 0.29) is 11.7 Å². The maximum absolute atomic E-state index is 11.8. The predicted octanol–water partition coefficient (Wildman–Crippen LogP) is 1.40. The highest BCUT2D eigenvalue weighted by molar-refractivity contribution is 7.15. The molecule has 24 heavy (non-hydrogen) atoms. The third-order valence-electron chi connectivity index (χ3n) is 4.96. The number of piperidine rings is 1. The number of hydrogen-bond donors (Lipinski definition) is 0. The van der Waals surface area contributed by atoms with Crippen molar-refractivity contribution in [3.05, 3.63) is 11.1 Å². The van der Waals surface area contributed by atoms with Crippen molar-refractivity contribution in [3.63, 3.8) is 0 Å². The molecule has 4 rings (SSSR count). The van der Waals surface area contributed by atoms with Crippen molar-refractivity contribution in [3.8, 4) is 0 Å². The van der Waals surface area contributed by atoms with Crippen LogP contribution in [0.15, 0.2) is 6.20 Å². The maximum atomic E-state index is 11.8. The Balaban J connectivity index is 1.38. The van der Waals surface area contributed by atoms with Crippen LogP contribution < -0.4 is 4.90 Å². The van der Waals surface area contributed by atoms with Crippen LogP contribution >= 0.6 is 11.3 Å². The smallest absolute Gasteiger partial charge is 0.410 e. The number of amides is 1. The minimum absolute atomic E-state index is 0.191. The van der Waals surface area contributed by atoms with E-state index in [1.807, 2.05) is 13.2 Å². The summed E-state index contributed by atoms with van der Waals surface area (Å²) in [4.78, 5) is 24.0. The summed E-state index contributed by atoms with van der Waals surface area (Å²) < 4.78 is 11.1. The number of carbonyl (C=O) groups is 1. The third kappa shape index (κ3) is 3.22. The lowest BCUT2D eigenvalue weighted by atomic mass is 9.93. The largest absolute Gasteiger partial charge is 0.440 e. The highest BCUT2D eigenvalue weighted by atomic mass is 32.1. The minimum Gasteiger partial charge on any atom is -0.440 e. The summed E-state index contributed by atoms with van der Waals surface area (Å²) in [6.45, 7) is 6.84. The standard InChI is InChI=1S/C16H24N4O3S/c1-18-11-16(23-15(18)21)3-2-4-19(12-16)10-13-9-17-14(24-13)20-5-7-22-8-6-20/h9H,2-8,10-12H2,1H3. The summed E-state index contributed by atoms with van der Waals surface area (Å²) in [5.41, 5.74) is -0.318. The van der Waals surface area contributed by atoms with Gasteiger partial charge in [0.1, 0.15) is 5.60 Å². The number of anilines is 1. The molecule has 3 aliphatic rings. The summed E-state index contributed by atoms with van der Waals surface area (Å²) in [5.74, 6) is 0. The number of ether oxygens (including phenoxy) is 2. The van der Waals surface area contributed by atoms with E-state index in [0.717, 1.165) is 63.9 Å². The molecule has 3 fully saturated rings. The molecule has 3 saturated heterocycles. The van der Waals surface area contributed by atoms with Gasteiger partial charge in [0, 0.05) is 44.3 Å². The Morgan fingerprint density at radius 3 is 2.88 bits per heavy atom. The zero-order valence-electron chi connectivity index (χ0n) is 14.1. The first-order chi connectivity index (χ1) is 11.6. The molecule has 1 spiro atoms. The third-order valence-corrected chi connectivity index (χ3v) is 6.00. The van der Waals surface area contributed by atoms with Crippen molar-refractivity contribution in [2.24, 2.45) is 0 Å². The van der Waals surface area contributed by atoms with E-state index >= 15 is 0 Å². The van der Waals surface area contributed by atoms with Gasteiger partial charge in [0.05, 0.1) is 19.8 Å². The number of carbonyl (C=O) groups excluding carboxylic acids is 1. The zero-order valence-corrected chi connectivity index (χ0v) is 14.9. The highest BCUT2D eigenvalue weighted by Gasteiger charge is 2.46. The van der Waals surface area contributed by atoms with Crippen molar-refractivity contribution in [2.75, 3.05) is 57.9 Å². The fraction of sp³-hybridized carbons (Fsp3) is 0.750. The second kappa shape index (κ2) is 6.50. The molecule has 132 valence electrons. The van der Waals surface area contributed by atoms with E-state index in [4.69, 9.17) is 9.47 Å². The van der Waals surface area contributed by atoms with Gasteiger partial charge in [0.2, 0.25) is 0 Å². The van der Waals surface area contributed by atoms with E-state index in [1.54, 1.807) is 16.2 Å². The summed E-state index contributed by atoms with van der Waals surface area (Å²) >= 11 is 1.76. The van der Waals surface area contributed by atoms with E-state index < -0.39 is 0 Å². The summed E-state index contributed by atoms with van der Waals surface area (Å²) in [7, 11) is 1.81. The molecule has 7 nitrogen and oxygen atoms in total. The molecular formula is C16H24N4O3S. The van der Waals surface area contributed by atoms with E-state index in [2.05, 4.69) is 14.8 Å². The van der Waals surface area contributed by atoms with Crippen LogP contribution in [0.1, 0.15) is 17.7 Å². The van der Waals surface area contributed by atoms with Gasteiger partial charge >= 0.3 is 6.09 Å². The van der Waals surface area contributed by atoms with Crippen molar-refractivity contribution >= 4 is 22.6 Å². The Hall–Kier alpha value is -1.38. The fourth-order valence-electron chi connectivity index (χ4n) is 3.82. The highest BCUT2D eigenvalue weighted by Crippen LogP contribution is 2.33. The van der Waals surface area contributed by atoms with Crippen LogP contribution in [-0.4, -0.2) is 79.5 Å². The van der Waals surface area contributed by atoms with Crippen LogP contribution in [0.5, 0.6) is 0 Å². The normalized spacial score (nSPS) is 28.6. The zero-order chi connectivity index (χ0) is 16.6. The van der Waals surface area contributed by atoms with Crippen molar-refractivity contribution in [2.45, 2.75) is 25.0 Å². The molecule has 1 unspecified atom stereocenters. The van der Waals surface area contributed by atoms with Crippen LogP contribution in [0.2, 0.25) is 0 Å². The second-order valence-corrected chi connectivity index (χ2v) is 8.02. The molecule has 0 aliphatic carbocycles. The first-order valence-electron chi connectivity index (χ1n) is 8.57. The molecule has 0 radical (unpaired) electrons. The molecule has 8 heteroatoms. The maximum Gasteiger partial charge on any atom is 0.410 e. The molecule has 3 aliphatic heterocycles. The summed E-state index contributed by atoms with van der Waals surface area (Å²) in [5, 5.41) is 1.09. The lowest BCUT2D eigenvalue weighted by Gasteiger charge is -2.38. The number of likely N-dealkylation sites (N-methyl/N-ethyl adjacent to an activating group) is 1. The fourth-order valence-corrected chi connectivity index (χ4v) is 4.83. The average Bonchev–Trinajstić information content (AvgIpc) is 3.14. The Labute approximate surface area is 146 Å². The second-order valence-electron chi connectivity index (χ2n) is 6.93. The van der Waals surface area contributed by atoms with Crippen LogP contribution in [0.4, 0.5) is 9.93 Å². The lowest BCUT2D eigenvalue weighted by molar-refractivity contribution is -0.0110. The van der Waals surface area contributed by atoms with Gasteiger partial charge in [-0.25, -0.2) is 9.78 Å². The Bertz CT molecular complexity index is 604. The van der Waals surface area contributed by atoms with Gasteiger partial charge in [-0.05, 0) is 19.4 Å². The molecule has 0 bridgehead atoms. The number of nitrogens with zero attached hydrogens (tertiary/aromatic N) is 4. The van der Waals surface area contributed by atoms with Gasteiger partial charge in [-0.15, -0.1) is 11.3 Å². The van der Waals surface area contributed by atoms with Gasteiger partial charge in [0.25, 0.3) is 0 Å². The molecule has 0 N–H and O–H groups in total. The first-order valence-corrected chi connectivity index (χ1v) is 9.39. The molecular weight excluding hydrogens is 328 g/mol. The number of hydrogen-bond acceptors (Lipinski definition) is 7. The number of rotatable bonds is 3. The Kier molecular flexibility index (Phi) is 4.36. The summed E-state index contributed by atoms with van der Waals surface area (Å²) in [6, 6.07) is 0. The predicted molar refractivity (Wildman–Crippen MR) is 91.5 cm³/mol. The van der Waals surface area contributed by atoms with E-state index in [0.29, 0.717) is 6.54 Å². The number of likely N-dealkylation sites (tertiary alicyclic amines) is 1. The van der Waals surface area contributed by atoms with Crippen LogP contribution in [0.3, 0.4) is 0 Å². The van der Waals surface area contributed by atoms with Gasteiger partial charge < -0.3 is 19.3 Å². The number of morpholine rings is 1. The Morgan fingerprint density at radius 1 is 1.29 bits per heavy atom. The van der Waals surface area contributed by atoms with E-state index in [9.17, 15) is 4.79 Å². The molecule has 0 aromatic carbocycles. The minimum atomic E-state index is -0.318. The molecule has 1 aromatic heterocycles.